The zero-order chi connectivity index (χ0) is 15.4. The van der Waals surface area contributed by atoms with Crippen LogP contribution in [0.1, 0.15) is 10.4 Å². The molecule has 0 saturated carbocycles. The number of ether oxygens (including phenoxy) is 1. The van der Waals surface area contributed by atoms with E-state index in [0.717, 1.165) is 17.1 Å². The van der Waals surface area contributed by atoms with Crippen LogP contribution in [-0.4, -0.2) is 27.1 Å². The molecule has 1 amide bonds. The zero-order valence-corrected chi connectivity index (χ0v) is 12.4. The lowest BCUT2D eigenvalue weighted by Gasteiger charge is -2.23. The highest BCUT2D eigenvalue weighted by molar-refractivity contribution is 5.96. The van der Waals surface area contributed by atoms with Gasteiger partial charge in [-0.3, -0.25) is 4.79 Å². The number of para-hydroxylation sites is 2. The van der Waals surface area contributed by atoms with Gasteiger partial charge in [0.1, 0.15) is 5.75 Å². The SMILES string of the molecule is CNC(=O)c1ccc(N)c(N(C)c2ccccc2OC)c1. The second-order valence-corrected chi connectivity index (χ2v) is 4.58. The van der Waals surface area contributed by atoms with E-state index in [4.69, 9.17) is 10.5 Å². The predicted octanol–water partition coefficient (Wildman–Crippen LogP) is 2.40. The average molecular weight is 285 g/mol. The van der Waals surface area contributed by atoms with Gasteiger partial charge in [-0.05, 0) is 30.3 Å². The van der Waals surface area contributed by atoms with Crippen molar-refractivity contribution in [2.45, 2.75) is 0 Å². The molecule has 0 heterocycles. The minimum absolute atomic E-state index is 0.148. The molecule has 0 aliphatic heterocycles. The summed E-state index contributed by atoms with van der Waals surface area (Å²) < 4.78 is 5.36. The highest BCUT2D eigenvalue weighted by Gasteiger charge is 2.14. The van der Waals surface area contributed by atoms with Crippen molar-refractivity contribution in [2.24, 2.45) is 0 Å². The third-order valence-electron chi connectivity index (χ3n) is 3.33. The fraction of sp³-hybridized carbons (Fsp3) is 0.188. The quantitative estimate of drug-likeness (QED) is 0.847. The van der Waals surface area contributed by atoms with E-state index in [0.29, 0.717) is 11.3 Å². The Morgan fingerprint density at radius 3 is 2.57 bits per heavy atom. The van der Waals surface area contributed by atoms with Gasteiger partial charge < -0.3 is 20.7 Å². The number of carbonyl (C=O) groups excluding carboxylic acids is 1. The smallest absolute Gasteiger partial charge is 0.251 e. The van der Waals surface area contributed by atoms with Gasteiger partial charge in [0.15, 0.2) is 0 Å². The number of hydrogen-bond donors (Lipinski definition) is 2. The van der Waals surface area contributed by atoms with E-state index >= 15 is 0 Å². The predicted molar refractivity (Wildman–Crippen MR) is 85.3 cm³/mol. The van der Waals surface area contributed by atoms with Gasteiger partial charge in [0.25, 0.3) is 5.91 Å². The van der Waals surface area contributed by atoms with Crippen LogP contribution in [0.25, 0.3) is 0 Å². The third-order valence-corrected chi connectivity index (χ3v) is 3.33. The van der Waals surface area contributed by atoms with E-state index in [-0.39, 0.29) is 5.91 Å². The lowest BCUT2D eigenvalue weighted by atomic mass is 10.1. The number of nitrogens with zero attached hydrogens (tertiary/aromatic N) is 1. The summed E-state index contributed by atoms with van der Waals surface area (Å²) in [5.74, 6) is 0.592. The highest BCUT2D eigenvalue weighted by atomic mass is 16.5. The van der Waals surface area contributed by atoms with Gasteiger partial charge in [-0.25, -0.2) is 0 Å². The number of benzene rings is 2. The van der Waals surface area contributed by atoms with Crippen molar-refractivity contribution in [3.8, 4) is 5.75 Å². The van der Waals surface area contributed by atoms with Crippen LogP contribution < -0.4 is 20.7 Å². The molecule has 5 heteroatoms. The van der Waals surface area contributed by atoms with Gasteiger partial charge >= 0.3 is 0 Å². The summed E-state index contributed by atoms with van der Waals surface area (Å²) in [6.45, 7) is 0. The Hall–Kier alpha value is -2.69. The first-order chi connectivity index (χ1) is 10.1. The highest BCUT2D eigenvalue weighted by Crippen LogP contribution is 2.35. The standard InChI is InChI=1S/C16H19N3O2/c1-18-16(20)11-8-9-12(17)14(10-11)19(2)13-6-4-5-7-15(13)21-3/h4-10H,17H2,1-3H3,(H,18,20). The van der Waals surface area contributed by atoms with Crippen LogP contribution in [0.5, 0.6) is 5.75 Å². The zero-order valence-electron chi connectivity index (χ0n) is 12.4. The van der Waals surface area contributed by atoms with Crippen LogP contribution in [-0.2, 0) is 0 Å². The van der Waals surface area contributed by atoms with Crippen LogP contribution >= 0.6 is 0 Å². The Bertz CT molecular complexity index is 656. The van der Waals surface area contributed by atoms with Crippen molar-refractivity contribution >= 4 is 23.0 Å². The Kier molecular flexibility index (Phi) is 4.33. The first-order valence-corrected chi connectivity index (χ1v) is 6.56. The van der Waals surface area contributed by atoms with Gasteiger partial charge in [-0.15, -0.1) is 0 Å². The molecule has 0 unspecified atom stereocenters. The van der Waals surface area contributed by atoms with Crippen molar-refractivity contribution in [3.05, 3.63) is 48.0 Å². The third kappa shape index (κ3) is 2.91. The van der Waals surface area contributed by atoms with Gasteiger partial charge in [0, 0.05) is 19.7 Å². The molecule has 0 bridgehead atoms. The van der Waals surface area contributed by atoms with E-state index in [1.54, 1.807) is 32.4 Å². The number of nitrogens with two attached hydrogens (primary N) is 1. The van der Waals surface area contributed by atoms with E-state index < -0.39 is 0 Å². The molecule has 0 aliphatic rings. The summed E-state index contributed by atoms with van der Waals surface area (Å²) in [5, 5.41) is 2.61. The Morgan fingerprint density at radius 1 is 1.19 bits per heavy atom. The Labute approximate surface area is 124 Å². The monoisotopic (exact) mass is 285 g/mol. The molecular weight excluding hydrogens is 266 g/mol. The molecular formula is C16H19N3O2. The van der Waals surface area contributed by atoms with Crippen LogP contribution in [0.15, 0.2) is 42.5 Å². The van der Waals surface area contributed by atoms with Crippen LogP contribution in [0.4, 0.5) is 17.1 Å². The van der Waals surface area contributed by atoms with Gasteiger partial charge in [-0.1, -0.05) is 12.1 Å². The summed E-state index contributed by atoms with van der Waals surface area (Å²) in [7, 11) is 5.11. The number of rotatable bonds is 4. The van der Waals surface area contributed by atoms with Crippen molar-refractivity contribution in [1.82, 2.24) is 5.32 Å². The maximum Gasteiger partial charge on any atom is 0.251 e. The van der Waals surface area contributed by atoms with Crippen LogP contribution in [0, 0.1) is 0 Å². The van der Waals surface area contributed by atoms with Crippen LogP contribution in [0.3, 0.4) is 0 Å². The molecule has 21 heavy (non-hydrogen) atoms. The van der Waals surface area contributed by atoms with E-state index in [9.17, 15) is 4.79 Å². The molecule has 0 fully saturated rings. The topological polar surface area (TPSA) is 67.6 Å². The van der Waals surface area contributed by atoms with Crippen molar-refractivity contribution in [3.63, 3.8) is 0 Å². The van der Waals surface area contributed by atoms with Crippen LogP contribution in [0.2, 0.25) is 0 Å². The second kappa shape index (κ2) is 6.17. The molecule has 2 rings (SSSR count). The number of anilines is 3. The number of hydrogen-bond acceptors (Lipinski definition) is 4. The number of nitrogens with one attached hydrogen (secondary N) is 1. The molecule has 110 valence electrons. The van der Waals surface area contributed by atoms with Crippen molar-refractivity contribution in [1.29, 1.82) is 0 Å². The maximum absolute atomic E-state index is 11.8. The summed E-state index contributed by atoms with van der Waals surface area (Å²) in [5.41, 5.74) is 8.83. The molecule has 0 aromatic heterocycles. The molecule has 0 atom stereocenters. The van der Waals surface area contributed by atoms with Gasteiger partial charge in [0.2, 0.25) is 0 Å². The number of carbonyl (C=O) groups is 1. The summed E-state index contributed by atoms with van der Waals surface area (Å²) in [6, 6.07) is 12.8. The van der Waals surface area contributed by atoms with Crippen molar-refractivity contribution < 1.29 is 9.53 Å². The molecule has 0 aliphatic carbocycles. The van der Waals surface area contributed by atoms with E-state index in [1.165, 1.54) is 0 Å². The minimum Gasteiger partial charge on any atom is -0.495 e. The van der Waals surface area contributed by atoms with Gasteiger partial charge in [-0.2, -0.15) is 0 Å². The lowest BCUT2D eigenvalue weighted by molar-refractivity contribution is 0.0963. The summed E-state index contributed by atoms with van der Waals surface area (Å²) in [4.78, 5) is 13.7. The Morgan fingerprint density at radius 2 is 1.90 bits per heavy atom. The largest absolute Gasteiger partial charge is 0.495 e. The fourth-order valence-corrected chi connectivity index (χ4v) is 2.16. The lowest BCUT2D eigenvalue weighted by Crippen LogP contribution is -2.19. The molecule has 5 nitrogen and oxygen atoms in total. The Balaban J connectivity index is 2.47. The second-order valence-electron chi connectivity index (χ2n) is 4.58. The number of nitrogen functional groups attached to an aromatic ring is 1. The molecule has 2 aromatic rings. The fourth-order valence-electron chi connectivity index (χ4n) is 2.16. The normalized spacial score (nSPS) is 10.0. The molecule has 0 saturated heterocycles. The molecule has 2 aromatic carbocycles. The minimum atomic E-state index is -0.148. The number of methoxy groups -OCH3 is 1. The van der Waals surface area contributed by atoms with E-state index in [1.807, 2.05) is 36.2 Å². The number of amides is 1. The first kappa shape index (κ1) is 14.7. The maximum atomic E-state index is 11.8. The van der Waals surface area contributed by atoms with Crippen molar-refractivity contribution in [2.75, 3.05) is 31.8 Å². The summed E-state index contributed by atoms with van der Waals surface area (Å²) in [6.07, 6.45) is 0. The molecule has 0 spiro atoms. The van der Waals surface area contributed by atoms with Gasteiger partial charge in [0.05, 0.1) is 24.2 Å². The summed E-state index contributed by atoms with van der Waals surface area (Å²) >= 11 is 0. The van der Waals surface area contributed by atoms with E-state index in [2.05, 4.69) is 5.32 Å². The molecule has 0 radical (unpaired) electrons. The molecule has 3 N–H and O–H groups in total. The first-order valence-electron chi connectivity index (χ1n) is 6.56. The average Bonchev–Trinajstić information content (AvgIpc) is 2.53.